The zero-order chi connectivity index (χ0) is 15.6. The van der Waals surface area contributed by atoms with Crippen LogP contribution in [0.4, 0.5) is 0 Å². The molecule has 0 radical (unpaired) electrons. The van der Waals surface area contributed by atoms with Crippen LogP contribution in [0.5, 0.6) is 23.0 Å². The largest absolute Gasteiger partial charge is 0.485 e. The summed E-state index contributed by atoms with van der Waals surface area (Å²) in [7, 11) is 1.60. The smallest absolute Gasteiger partial charge is 0.231 e. The van der Waals surface area contributed by atoms with Gasteiger partial charge >= 0.3 is 0 Å². The Balaban J connectivity index is 1.55. The Morgan fingerprint density at radius 3 is 2.87 bits per heavy atom. The van der Waals surface area contributed by atoms with E-state index in [1.807, 2.05) is 30.3 Å². The molecule has 0 fully saturated rings. The molecule has 0 N–H and O–H groups in total. The molecule has 5 heteroatoms. The van der Waals surface area contributed by atoms with Crippen molar-refractivity contribution in [2.24, 2.45) is 0 Å². The lowest BCUT2D eigenvalue weighted by Gasteiger charge is -2.27. The van der Waals surface area contributed by atoms with Gasteiger partial charge in [0.15, 0.2) is 18.3 Å². The molecule has 5 nitrogen and oxygen atoms in total. The lowest BCUT2D eigenvalue weighted by atomic mass is 9.97. The minimum absolute atomic E-state index is 0.00896. The third-order valence-corrected chi connectivity index (χ3v) is 4.10. The average molecular weight is 314 g/mol. The highest BCUT2D eigenvalue weighted by Gasteiger charge is 2.24. The van der Waals surface area contributed by atoms with Crippen molar-refractivity contribution in [2.75, 3.05) is 20.7 Å². The summed E-state index contributed by atoms with van der Waals surface area (Å²) >= 11 is 0. The molecule has 0 aliphatic carbocycles. The van der Waals surface area contributed by atoms with Gasteiger partial charge in [0, 0.05) is 13.2 Å². The minimum Gasteiger partial charge on any atom is -0.485 e. The van der Waals surface area contributed by atoms with Gasteiger partial charge in [-0.15, -0.1) is 0 Å². The predicted octanol–water partition coefficient (Wildman–Crippen LogP) is 3.46. The van der Waals surface area contributed by atoms with Crippen LogP contribution in [0.1, 0.15) is 23.7 Å². The van der Waals surface area contributed by atoms with E-state index in [0.29, 0.717) is 0 Å². The number of methoxy groups -OCH3 is 1. The van der Waals surface area contributed by atoms with E-state index in [1.54, 1.807) is 7.11 Å². The van der Waals surface area contributed by atoms with Gasteiger partial charge in [-0.1, -0.05) is 12.1 Å². The Kier molecular flexibility index (Phi) is 3.71. The van der Waals surface area contributed by atoms with Gasteiger partial charge in [0.2, 0.25) is 6.79 Å². The van der Waals surface area contributed by atoms with E-state index in [-0.39, 0.29) is 19.7 Å². The zero-order valence-electron chi connectivity index (χ0n) is 12.9. The second-order valence-corrected chi connectivity index (χ2v) is 5.58. The highest BCUT2D eigenvalue weighted by atomic mass is 16.7. The summed E-state index contributed by atoms with van der Waals surface area (Å²) in [5.41, 5.74) is 2.30. The van der Waals surface area contributed by atoms with Crippen LogP contribution in [-0.2, 0) is 11.2 Å². The average Bonchev–Trinajstić information content (AvgIpc) is 3.07. The number of hydrogen-bond donors (Lipinski definition) is 0. The molecule has 2 aliphatic rings. The Morgan fingerprint density at radius 1 is 1.04 bits per heavy atom. The van der Waals surface area contributed by atoms with Crippen LogP contribution >= 0.6 is 0 Å². The third kappa shape index (κ3) is 2.80. The highest BCUT2D eigenvalue weighted by Crippen LogP contribution is 2.40. The molecule has 2 aliphatic heterocycles. The SMILES string of the molecule is COCOc1ccc2c(c1)OC(c1ccc3c(c1)OCO3)CC2. The molecule has 2 heterocycles. The van der Waals surface area contributed by atoms with Gasteiger partial charge in [-0.05, 0) is 42.2 Å². The summed E-state index contributed by atoms with van der Waals surface area (Å²) in [6.45, 7) is 0.512. The lowest BCUT2D eigenvalue weighted by molar-refractivity contribution is 0.0507. The van der Waals surface area contributed by atoms with E-state index in [1.165, 1.54) is 5.56 Å². The second kappa shape index (κ2) is 6.01. The van der Waals surface area contributed by atoms with Crippen molar-refractivity contribution < 1.29 is 23.7 Å². The first-order valence-electron chi connectivity index (χ1n) is 7.64. The van der Waals surface area contributed by atoms with E-state index in [2.05, 4.69) is 6.07 Å². The van der Waals surface area contributed by atoms with Crippen molar-refractivity contribution in [3.63, 3.8) is 0 Å². The highest BCUT2D eigenvalue weighted by molar-refractivity contribution is 5.47. The van der Waals surface area contributed by atoms with E-state index < -0.39 is 0 Å². The van der Waals surface area contributed by atoms with Crippen molar-refractivity contribution >= 4 is 0 Å². The normalized spacial score (nSPS) is 18.2. The molecule has 2 aromatic rings. The molecular weight excluding hydrogens is 296 g/mol. The first-order valence-corrected chi connectivity index (χ1v) is 7.64. The standard InChI is InChI=1S/C18H18O5/c1-19-10-20-14-5-2-12-3-6-15(23-17(12)9-14)13-4-7-16-18(8-13)22-11-21-16/h2,4-5,7-9,15H,3,6,10-11H2,1H3. The summed E-state index contributed by atoms with van der Waals surface area (Å²) in [5, 5.41) is 0. The van der Waals surface area contributed by atoms with Crippen LogP contribution in [0.15, 0.2) is 36.4 Å². The van der Waals surface area contributed by atoms with Crippen LogP contribution in [0.3, 0.4) is 0 Å². The van der Waals surface area contributed by atoms with Gasteiger partial charge in [0.25, 0.3) is 0 Å². The summed E-state index contributed by atoms with van der Waals surface area (Å²) in [6, 6.07) is 11.9. The zero-order valence-corrected chi connectivity index (χ0v) is 12.9. The molecule has 1 atom stereocenters. The first-order chi connectivity index (χ1) is 11.3. The van der Waals surface area contributed by atoms with Gasteiger partial charge in [0.05, 0.1) is 0 Å². The summed E-state index contributed by atoms with van der Waals surface area (Å²) in [4.78, 5) is 0. The summed E-state index contributed by atoms with van der Waals surface area (Å²) in [5.74, 6) is 3.19. The maximum Gasteiger partial charge on any atom is 0.231 e. The molecule has 0 aromatic heterocycles. The van der Waals surface area contributed by atoms with E-state index in [9.17, 15) is 0 Å². The molecular formula is C18H18O5. The number of aryl methyl sites for hydroxylation is 1. The number of hydrogen-bond acceptors (Lipinski definition) is 5. The van der Waals surface area contributed by atoms with Crippen molar-refractivity contribution in [3.8, 4) is 23.0 Å². The fourth-order valence-corrected chi connectivity index (χ4v) is 2.91. The van der Waals surface area contributed by atoms with Gasteiger partial charge < -0.3 is 23.7 Å². The van der Waals surface area contributed by atoms with Crippen molar-refractivity contribution in [2.45, 2.75) is 18.9 Å². The lowest BCUT2D eigenvalue weighted by Crippen LogP contribution is -2.15. The van der Waals surface area contributed by atoms with Crippen LogP contribution in [0.25, 0.3) is 0 Å². The van der Waals surface area contributed by atoms with Crippen molar-refractivity contribution in [1.82, 2.24) is 0 Å². The Morgan fingerprint density at radius 2 is 1.96 bits per heavy atom. The Hall–Kier alpha value is -2.40. The molecule has 0 amide bonds. The van der Waals surface area contributed by atoms with Crippen LogP contribution in [-0.4, -0.2) is 20.7 Å². The molecule has 23 heavy (non-hydrogen) atoms. The van der Waals surface area contributed by atoms with E-state index in [4.69, 9.17) is 23.7 Å². The van der Waals surface area contributed by atoms with Crippen molar-refractivity contribution in [3.05, 3.63) is 47.5 Å². The topological polar surface area (TPSA) is 46.2 Å². The quantitative estimate of drug-likeness (QED) is 0.809. The Labute approximate surface area is 134 Å². The number of fused-ring (bicyclic) bond motifs is 2. The fourth-order valence-electron chi connectivity index (χ4n) is 2.91. The number of rotatable bonds is 4. The van der Waals surface area contributed by atoms with E-state index in [0.717, 1.165) is 41.4 Å². The van der Waals surface area contributed by atoms with E-state index >= 15 is 0 Å². The molecule has 0 saturated heterocycles. The van der Waals surface area contributed by atoms with Gasteiger partial charge in [-0.2, -0.15) is 0 Å². The molecule has 2 aromatic carbocycles. The van der Waals surface area contributed by atoms with Crippen LogP contribution < -0.4 is 18.9 Å². The summed E-state index contributed by atoms with van der Waals surface area (Å²) < 4.78 is 27.4. The van der Waals surface area contributed by atoms with Gasteiger partial charge in [0.1, 0.15) is 17.6 Å². The number of benzene rings is 2. The van der Waals surface area contributed by atoms with Crippen LogP contribution in [0.2, 0.25) is 0 Å². The van der Waals surface area contributed by atoms with Gasteiger partial charge in [-0.3, -0.25) is 0 Å². The Bertz CT molecular complexity index is 713. The summed E-state index contributed by atoms with van der Waals surface area (Å²) in [6.07, 6.45) is 1.92. The number of ether oxygens (including phenoxy) is 5. The monoisotopic (exact) mass is 314 g/mol. The maximum atomic E-state index is 6.18. The molecule has 0 saturated carbocycles. The first kappa shape index (κ1) is 14.2. The fraction of sp³-hybridized carbons (Fsp3) is 0.333. The maximum absolute atomic E-state index is 6.18. The predicted molar refractivity (Wildman–Crippen MR) is 83.2 cm³/mol. The van der Waals surface area contributed by atoms with Crippen LogP contribution in [0, 0.1) is 0 Å². The minimum atomic E-state index is 0.00896. The molecule has 4 rings (SSSR count). The molecule has 0 bridgehead atoms. The van der Waals surface area contributed by atoms with Gasteiger partial charge in [-0.25, -0.2) is 0 Å². The van der Waals surface area contributed by atoms with Crippen molar-refractivity contribution in [1.29, 1.82) is 0 Å². The third-order valence-electron chi connectivity index (χ3n) is 4.10. The molecule has 0 spiro atoms. The molecule has 1 unspecified atom stereocenters. The molecule has 120 valence electrons. The second-order valence-electron chi connectivity index (χ2n) is 5.58.